The Balaban J connectivity index is 1.78. The fourth-order valence-electron chi connectivity index (χ4n) is 5.34. The highest BCUT2D eigenvalue weighted by atomic mass is 32.2. The minimum atomic E-state index is -0.797. The molecule has 0 radical (unpaired) electrons. The largest absolute Gasteiger partial charge is 0.493 e. The number of nitrogens with one attached hydrogen (secondary N) is 3. The van der Waals surface area contributed by atoms with Gasteiger partial charge in [0, 0.05) is 17.9 Å². The van der Waals surface area contributed by atoms with E-state index in [2.05, 4.69) is 20.9 Å². The first-order chi connectivity index (χ1) is 22.1. The number of thiazole rings is 1. The molecule has 2 unspecified atom stereocenters. The van der Waals surface area contributed by atoms with Gasteiger partial charge in [-0.25, -0.2) is 9.78 Å². The molecule has 0 bridgehead atoms. The molecule has 246 valence electrons. The van der Waals surface area contributed by atoms with Crippen LogP contribution in [0.25, 0.3) is 11.1 Å². The van der Waals surface area contributed by atoms with Gasteiger partial charge in [0.05, 0.1) is 39.7 Å². The molecular weight excluding hydrogens is 633 g/mol. The lowest BCUT2D eigenvalue weighted by Crippen LogP contribution is -2.36. The lowest BCUT2D eigenvalue weighted by Gasteiger charge is -2.19. The lowest BCUT2D eigenvalue weighted by atomic mass is 9.95. The summed E-state index contributed by atoms with van der Waals surface area (Å²) in [5, 5.41) is 10.6. The molecule has 0 aliphatic heterocycles. The quantitative estimate of drug-likeness (QED) is 0.218. The number of carbonyl (C=O) groups excluding carboxylic acids is 3. The van der Waals surface area contributed by atoms with Crippen LogP contribution in [0.15, 0.2) is 34.4 Å². The number of fused-ring (bicyclic) bond motifs is 3. The van der Waals surface area contributed by atoms with Crippen LogP contribution in [0.3, 0.4) is 0 Å². The molecule has 2 atom stereocenters. The number of aryl methyl sites for hydroxylation is 1. The number of ether oxygens (including phenoxy) is 4. The van der Waals surface area contributed by atoms with E-state index in [1.165, 1.54) is 32.6 Å². The molecule has 3 N–H and O–H groups in total. The maximum Gasteiger partial charge on any atom is 0.357 e. The number of benzene rings is 1. The SMILES string of the molecule is CCOC(=O)c1csc(NC(=O)C(CCSC)Nc2ccc3c(cc2=O)C(NC(C)=O)CCc2cc(OC)c(OC)c(OC)c2-3)n1. The van der Waals surface area contributed by atoms with Gasteiger partial charge in [-0.15, -0.1) is 11.3 Å². The number of esters is 1. The number of methoxy groups -OCH3 is 3. The van der Waals surface area contributed by atoms with E-state index in [1.807, 2.05) is 12.3 Å². The summed E-state index contributed by atoms with van der Waals surface area (Å²) in [5.41, 5.74) is 2.85. The molecule has 4 rings (SSSR count). The highest BCUT2D eigenvalue weighted by Crippen LogP contribution is 2.50. The summed E-state index contributed by atoms with van der Waals surface area (Å²) in [5.74, 6) is 0.768. The van der Waals surface area contributed by atoms with Crippen molar-refractivity contribution in [3.8, 4) is 28.4 Å². The van der Waals surface area contributed by atoms with Crippen molar-refractivity contribution in [3.63, 3.8) is 0 Å². The second-order valence-electron chi connectivity index (χ2n) is 10.3. The number of carbonyl (C=O) groups is 3. The van der Waals surface area contributed by atoms with Gasteiger partial charge in [-0.2, -0.15) is 11.8 Å². The van der Waals surface area contributed by atoms with Crippen LogP contribution in [0.1, 0.15) is 54.3 Å². The molecule has 12 nitrogen and oxygen atoms in total. The molecule has 14 heteroatoms. The molecule has 1 aliphatic rings. The van der Waals surface area contributed by atoms with Gasteiger partial charge in [-0.05, 0) is 73.1 Å². The lowest BCUT2D eigenvalue weighted by molar-refractivity contribution is -0.120. The third kappa shape index (κ3) is 7.73. The van der Waals surface area contributed by atoms with Crippen molar-refractivity contribution in [2.24, 2.45) is 0 Å². The summed E-state index contributed by atoms with van der Waals surface area (Å²) < 4.78 is 22.1. The van der Waals surface area contributed by atoms with Crippen LogP contribution in [-0.2, 0) is 20.7 Å². The smallest absolute Gasteiger partial charge is 0.357 e. The van der Waals surface area contributed by atoms with E-state index in [1.54, 1.807) is 37.9 Å². The van der Waals surface area contributed by atoms with E-state index < -0.39 is 24.0 Å². The van der Waals surface area contributed by atoms with Gasteiger partial charge in [0.1, 0.15) is 6.04 Å². The van der Waals surface area contributed by atoms with Crippen LogP contribution < -0.4 is 35.6 Å². The third-order valence-corrected chi connectivity index (χ3v) is 8.79. The van der Waals surface area contributed by atoms with Crippen molar-refractivity contribution in [2.45, 2.75) is 45.2 Å². The first kappa shape index (κ1) is 34.6. The minimum Gasteiger partial charge on any atom is -0.493 e. The van der Waals surface area contributed by atoms with E-state index in [9.17, 15) is 19.2 Å². The minimum absolute atomic E-state index is 0.105. The van der Waals surface area contributed by atoms with Gasteiger partial charge >= 0.3 is 5.97 Å². The van der Waals surface area contributed by atoms with Crippen molar-refractivity contribution in [2.75, 3.05) is 50.6 Å². The van der Waals surface area contributed by atoms with Gasteiger partial charge < -0.3 is 34.9 Å². The number of thioether (sulfide) groups is 1. The van der Waals surface area contributed by atoms with E-state index in [4.69, 9.17) is 18.9 Å². The molecule has 2 aromatic carbocycles. The number of nitrogens with zero attached hydrogens (tertiary/aromatic N) is 1. The normalized spacial score (nSPS) is 14.1. The number of aromatic nitrogens is 1. The van der Waals surface area contributed by atoms with Crippen molar-refractivity contribution < 1.29 is 33.3 Å². The average Bonchev–Trinajstić information content (AvgIpc) is 3.38. The van der Waals surface area contributed by atoms with Gasteiger partial charge in [0.25, 0.3) is 0 Å². The second kappa shape index (κ2) is 15.8. The Morgan fingerprint density at radius 2 is 1.87 bits per heavy atom. The van der Waals surface area contributed by atoms with Crippen LogP contribution in [0.4, 0.5) is 10.8 Å². The zero-order chi connectivity index (χ0) is 33.4. The Labute approximate surface area is 275 Å². The molecule has 0 saturated heterocycles. The van der Waals surface area contributed by atoms with Gasteiger partial charge in [0.15, 0.2) is 22.3 Å². The highest BCUT2D eigenvalue weighted by Gasteiger charge is 2.30. The third-order valence-electron chi connectivity index (χ3n) is 7.39. The standard InChI is InChI=1S/C32H38N4O8S2/c1-7-44-31(40)24-16-46-32(35-24)36-30(39)23(12-13-45-6)34-22-11-9-19-20(15-25(22)38)21(33-17(2)37)10-8-18-14-26(41-3)28(42-4)29(43-5)27(18)19/h9,11,14-16,21,23H,7-8,10,12-13H2,1-6H3,(H,33,37)(H,34,38)(H,35,36,39). The fourth-order valence-corrected chi connectivity index (χ4v) is 6.50. The average molecular weight is 671 g/mol. The van der Waals surface area contributed by atoms with Crippen LogP contribution >= 0.6 is 23.1 Å². The van der Waals surface area contributed by atoms with Gasteiger partial charge in [-0.3, -0.25) is 14.4 Å². The topological polar surface area (TPSA) is 154 Å². The Kier molecular flexibility index (Phi) is 11.9. The number of hydrogen-bond donors (Lipinski definition) is 3. The maximum absolute atomic E-state index is 13.8. The predicted octanol–water partition coefficient (Wildman–Crippen LogP) is 4.67. The van der Waals surface area contributed by atoms with Gasteiger partial charge in [0.2, 0.25) is 23.0 Å². The van der Waals surface area contributed by atoms with E-state index >= 15 is 0 Å². The number of hydrogen-bond acceptors (Lipinski definition) is 12. The van der Waals surface area contributed by atoms with Gasteiger partial charge in [-0.1, -0.05) is 6.07 Å². The van der Waals surface area contributed by atoms with Crippen LogP contribution in [-0.4, -0.2) is 68.8 Å². The zero-order valence-electron chi connectivity index (χ0n) is 26.6. The van der Waals surface area contributed by atoms with Crippen molar-refractivity contribution in [3.05, 3.63) is 56.7 Å². The predicted molar refractivity (Wildman–Crippen MR) is 180 cm³/mol. The van der Waals surface area contributed by atoms with E-state index in [0.717, 1.165) is 22.5 Å². The number of amides is 2. The second-order valence-corrected chi connectivity index (χ2v) is 12.2. The highest BCUT2D eigenvalue weighted by molar-refractivity contribution is 7.98. The molecule has 1 aromatic heterocycles. The molecule has 2 amide bonds. The summed E-state index contributed by atoms with van der Waals surface area (Å²) in [6.07, 6.45) is 3.42. The molecule has 46 heavy (non-hydrogen) atoms. The summed E-state index contributed by atoms with van der Waals surface area (Å²) in [7, 11) is 4.61. The molecule has 0 saturated carbocycles. The summed E-state index contributed by atoms with van der Waals surface area (Å²) in [4.78, 5) is 55.7. The number of rotatable bonds is 13. The first-order valence-electron chi connectivity index (χ1n) is 14.6. The molecular formula is C32H38N4O8S2. The fraction of sp³-hybridized carbons (Fsp3) is 0.406. The van der Waals surface area contributed by atoms with Crippen molar-refractivity contribution in [1.82, 2.24) is 10.3 Å². The van der Waals surface area contributed by atoms with Crippen LogP contribution in [0.2, 0.25) is 0 Å². The van der Waals surface area contributed by atoms with E-state index in [-0.39, 0.29) is 34.5 Å². The monoisotopic (exact) mass is 670 g/mol. The molecule has 0 fully saturated rings. The Morgan fingerprint density at radius 3 is 2.52 bits per heavy atom. The van der Waals surface area contributed by atoms with E-state index in [0.29, 0.717) is 53.4 Å². The zero-order valence-corrected chi connectivity index (χ0v) is 28.2. The molecule has 3 aromatic rings. The Bertz CT molecular complexity index is 1660. The Hall–Kier alpha value is -4.30. The number of anilines is 2. The van der Waals surface area contributed by atoms with Crippen LogP contribution in [0.5, 0.6) is 17.2 Å². The van der Waals surface area contributed by atoms with Crippen LogP contribution in [0, 0.1) is 0 Å². The van der Waals surface area contributed by atoms with Crippen molar-refractivity contribution >= 4 is 51.7 Å². The molecule has 1 heterocycles. The summed E-state index contributed by atoms with van der Waals surface area (Å²) in [6, 6.07) is 5.55. The maximum atomic E-state index is 13.8. The molecule has 1 aliphatic carbocycles. The summed E-state index contributed by atoms with van der Waals surface area (Å²) >= 11 is 2.67. The molecule has 0 spiro atoms. The van der Waals surface area contributed by atoms with Crippen molar-refractivity contribution in [1.29, 1.82) is 0 Å². The first-order valence-corrected chi connectivity index (χ1v) is 16.9. The Morgan fingerprint density at radius 1 is 1.11 bits per heavy atom. The summed E-state index contributed by atoms with van der Waals surface area (Å²) in [6.45, 7) is 3.34.